The van der Waals surface area contributed by atoms with E-state index in [-0.39, 0.29) is 12.0 Å². The summed E-state index contributed by atoms with van der Waals surface area (Å²) in [4.78, 5) is 16.9. The first-order valence-electron chi connectivity index (χ1n) is 8.97. The molecule has 0 aliphatic rings. The van der Waals surface area contributed by atoms with Gasteiger partial charge in [-0.15, -0.1) is 0 Å². The number of carbonyl (C=O) groups excluding carboxylic acids is 1. The van der Waals surface area contributed by atoms with Gasteiger partial charge in [-0.1, -0.05) is 56.7 Å². The predicted molar refractivity (Wildman–Crippen MR) is 102 cm³/mol. The third-order valence-electron chi connectivity index (χ3n) is 4.09. The quantitative estimate of drug-likeness (QED) is 0.399. The fourth-order valence-electron chi connectivity index (χ4n) is 2.46. The number of ketones is 1. The zero-order valence-electron chi connectivity index (χ0n) is 15.3. The second-order valence-corrected chi connectivity index (χ2v) is 6.08. The first kappa shape index (κ1) is 20.3. The summed E-state index contributed by atoms with van der Waals surface area (Å²) >= 11 is 0. The molecule has 0 aliphatic carbocycles. The van der Waals surface area contributed by atoms with E-state index in [1.165, 1.54) is 5.56 Å². The Balaban J connectivity index is 2.50. The van der Waals surface area contributed by atoms with Crippen LogP contribution in [0.1, 0.15) is 52.0 Å². The minimum atomic E-state index is -0.0571. The summed E-state index contributed by atoms with van der Waals surface area (Å²) in [5, 5.41) is 0. The van der Waals surface area contributed by atoms with Crippen LogP contribution in [0.2, 0.25) is 0 Å². The standard InChI is InChI=1S/C21H31NO2/c1-4-6-13-21(23)18(3)20(22-15-7-5-2)14-16-24-17-19-11-9-8-10-12-19/h5,7-12,15,18,20H,4,6,13-14,16-17H2,1-3H3/b7-5+,22-15?/t18-,20+/m0/s1. The van der Waals surface area contributed by atoms with E-state index in [0.717, 1.165) is 19.3 Å². The summed E-state index contributed by atoms with van der Waals surface area (Å²) in [5.41, 5.74) is 1.17. The van der Waals surface area contributed by atoms with Crippen LogP contribution in [0.3, 0.4) is 0 Å². The smallest absolute Gasteiger partial charge is 0.137 e. The van der Waals surface area contributed by atoms with E-state index in [0.29, 0.717) is 25.4 Å². The van der Waals surface area contributed by atoms with Crippen LogP contribution in [0.5, 0.6) is 0 Å². The molecule has 0 aromatic heterocycles. The molecule has 0 spiro atoms. The molecular weight excluding hydrogens is 298 g/mol. The van der Waals surface area contributed by atoms with Gasteiger partial charge in [-0.25, -0.2) is 0 Å². The normalized spacial score (nSPS) is 14.3. The summed E-state index contributed by atoms with van der Waals surface area (Å²) in [6.45, 7) is 7.27. The Morgan fingerprint density at radius 3 is 2.71 bits per heavy atom. The molecule has 24 heavy (non-hydrogen) atoms. The molecule has 1 aromatic rings. The minimum Gasteiger partial charge on any atom is -0.377 e. The van der Waals surface area contributed by atoms with Crippen LogP contribution in [0.25, 0.3) is 0 Å². The van der Waals surface area contributed by atoms with Crippen molar-refractivity contribution in [1.82, 2.24) is 0 Å². The van der Waals surface area contributed by atoms with Gasteiger partial charge in [-0.2, -0.15) is 0 Å². The minimum absolute atomic E-state index is 0.0127. The monoisotopic (exact) mass is 329 g/mol. The number of hydrogen-bond acceptors (Lipinski definition) is 3. The molecule has 1 aromatic carbocycles. The van der Waals surface area contributed by atoms with Crippen LogP contribution < -0.4 is 0 Å². The number of nitrogens with zero attached hydrogens (tertiary/aromatic N) is 1. The molecule has 3 nitrogen and oxygen atoms in total. The molecule has 0 amide bonds. The van der Waals surface area contributed by atoms with Gasteiger partial charge in [0.15, 0.2) is 0 Å². The molecule has 2 atom stereocenters. The van der Waals surface area contributed by atoms with Crippen molar-refractivity contribution < 1.29 is 9.53 Å². The Morgan fingerprint density at radius 1 is 1.29 bits per heavy atom. The van der Waals surface area contributed by atoms with Crippen LogP contribution in [0.15, 0.2) is 47.5 Å². The van der Waals surface area contributed by atoms with Crippen LogP contribution in [0, 0.1) is 5.92 Å². The molecule has 0 bridgehead atoms. The van der Waals surface area contributed by atoms with E-state index in [4.69, 9.17) is 4.74 Å². The van der Waals surface area contributed by atoms with Crippen molar-refractivity contribution in [1.29, 1.82) is 0 Å². The summed E-state index contributed by atoms with van der Waals surface area (Å²) < 4.78 is 5.76. The molecular formula is C21H31NO2. The number of allylic oxidation sites excluding steroid dienone is 2. The number of aliphatic imine (C=N–C) groups is 1. The fourth-order valence-corrected chi connectivity index (χ4v) is 2.46. The number of Topliss-reactive ketones (excluding diaryl/α,β-unsaturated/α-hetero) is 1. The second-order valence-electron chi connectivity index (χ2n) is 6.08. The second kappa shape index (κ2) is 12.7. The molecule has 0 N–H and O–H groups in total. The molecule has 0 fully saturated rings. The highest BCUT2D eigenvalue weighted by Crippen LogP contribution is 2.16. The SMILES string of the molecule is C/C=C/C=N[C@H](CCOCc1ccccc1)[C@H](C)C(=O)CCCC. The van der Waals surface area contributed by atoms with Crippen molar-refractivity contribution in [2.45, 2.75) is 59.1 Å². The molecule has 1 rings (SSSR count). The Morgan fingerprint density at radius 2 is 2.04 bits per heavy atom. The molecule has 3 heteroatoms. The number of rotatable bonds is 12. The molecule has 0 heterocycles. The van der Waals surface area contributed by atoms with Gasteiger partial charge >= 0.3 is 0 Å². The average Bonchev–Trinajstić information content (AvgIpc) is 2.62. The third kappa shape index (κ3) is 8.21. The van der Waals surface area contributed by atoms with Crippen LogP contribution in [0.4, 0.5) is 0 Å². The van der Waals surface area contributed by atoms with Gasteiger partial charge in [0.1, 0.15) is 5.78 Å². The topological polar surface area (TPSA) is 38.7 Å². The zero-order chi connectivity index (χ0) is 17.6. The molecule has 0 unspecified atom stereocenters. The lowest BCUT2D eigenvalue weighted by molar-refractivity contribution is -0.123. The summed E-state index contributed by atoms with van der Waals surface area (Å²) in [6, 6.07) is 10.1. The number of benzene rings is 1. The molecule has 0 aliphatic heterocycles. The molecule has 0 saturated carbocycles. The van der Waals surface area contributed by atoms with Gasteiger partial charge in [-0.3, -0.25) is 9.79 Å². The lowest BCUT2D eigenvalue weighted by Crippen LogP contribution is -2.26. The Labute approximate surface area is 146 Å². The van der Waals surface area contributed by atoms with Crippen molar-refractivity contribution in [3.8, 4) is 0 Å². The average molecular weight is 329 g/mol. The number of ether oxygens (including phenoxy) is 1. The van der Waals surface area contributed by atoms with Crippen LogP contribution in [-0.2, 0) is 16.1 Å². The summed E-state index contributed by atoms with van der Waals surface area (Å²) in [5.74, 6) is 0.251. The number of hydrogen-bond donors (Lipinski definition) is 0. The molecule has 0 radical (unpaired) electrons. The first-order valence-corrected chi connectivity index (χ1v) is 8.97. The van der Waals surface area contributed by atoms with Crippen molar-refractivity contribution in [2.24, 2.45) is 10.9 Å². The maximum absolute atomic E-state index is 12.3. The molecule has 0 saturated heterocycles. The Kier molecular flexibility index (Phi) is 10.7. The van der Waals surface area contributed by atoms with Crippen molar-refractivity contribution >= 4 is 12.0 Å². The number of unbranched alkanes of at least 4 members (excludes halogenated alkanes) is 1. The van der Waals surface area contributed by atoms with Gasteiger partial charge in [0, 0.05) is 25.2 Å². The van der Waals surface area contributed by atoms with E-state index < -0.39 is 0 Å². The van der Waals surface area contributed by atoms with E-state index >= 15 is 0 Å². The van der Waals surface area contributed by atoms with Crippen LogP contribution >= 0.6 is 0 Å². The van der Waals surface area contributed by atoms with Gasteiger partial charge < -0.3 is 4.74 Å². The van der Waals surface area contributed by atoms with Gasteiger partial charge in [0.05, 0.1) is 12.6 Å². The maximum Gasteiger partial charge on any atom is 0.137 e. The highest BCUT2D eigenvalue weighted by molar-refractivity contribution is 5.81. The fraction of sp³-hybridized carbons (Fsp3) is 0.524. The first-order chi connectivity index (χ1) is 11.7. The zero-order valence-corrected chi connectivity index (χ0v) is 15.3. The van der Waals surface area contributed by atoms with Gasteiger partial charge in [0.2, 0.25) is 0 Å². The molecule has 132 valence electrons. The Bertz CT molecular complexity index is 508. The third-order valence-corrected chi connectivity index (χ3v) is 4.09. The van der Waals surface area contributed by atoms with E-state index in [2.05, 4.69) is 24.0 Å². The Hall–Kier alpha value is -1.74. The highest BCUT2D eigenvalue weighted by atomic mass is 16.5. The predicted octanol–water partition coefficient (Wildman–Crippen LogP) is 5.00. The summed E-state index contributed by atoms with van der Waals surface area (Å²) in [7, 11) is 0. The lowest BCUT2D eigenvalue weighted by atomic mass is 9.92. The van der Waals surface area contributed by atoms with Crippen molar-refractivity contribution in [3.05, 3.63) is 48.0 Å². The largest absolute Gasteiger partial charge is 0.377 e. The lowest BCUT2D eigenvalue weighted by Gasteiger charge is -2.19. The number of carbonyl (C=O) groups is 1. The van der Waals surface area contributed by atoms with Crippen molar-refractivity contribution in [2.75, 3.05) is 6.61 Å². The van der Waals surface area contributed by atoms with Gasteiger partial charge in [0.25, 0.3) is 0 Å². The van der Waals surface area contributed by atoms with Crippen molar-refractivity contribution in [3.63, 3.8) is 0 Å². The highest BCUT2D eigenvalue weighted by Gasteiger charge is 2.22. The van der Waals surface area contributed by atoms with Gasteiger partial charge in [-0.05, 0) is 31.4 Å². The van der Waals surface area contributed by atoms with E-state index in [9.17, 15) is 4.79 Å². The van der Waals surface area contributed by atoms with E-state index in [1.807, 2.05) is 44.2 Å². The van der Waals surface area contributed by atoms with E-state index in [1.54, 1.807) is 6.21 Å². The maximum atomic E-state index is 12.3. The van der Waals surface area contributed by atoms with Crippen LogP contribution in [-0.4, -0.2) is 24.6 Å². The summed E-state index contributed by atoms with van der Waals surface area (Å²) in [6.07, 6.45) is 9.06.